The van der Waals surface area contributed by atoms with Gasteiger partial charge in [0.1, 0.15) is 44.0 Å². The molecule has 206 valence electrons. The first kappa shape index (κ1) is 27.2. The molecule has 4 heterocycles. The molecule has 6 rings (SSSR count). The monoisotopic (exact) mass is 573 g/mol. The van der Waals surface area contributed by atoms with Gasteiger partial charge in [0, 0.05) is 41.8 Å². The van der Waals surface area contributed by atoms with Gasteiger partial charge in [0.25, 0.3) is 0 Å². The minimum atomic E-state index is -1.13. The number of anilines is 1. The highest BCUT2D eigenvalue weighted by Crippen LogP contribution is 2.40. The summed E-state index contributed by atoms with van der Waals surface area (Å²) in [7, 11) is 0. The highest BCUT2D eigenvalue weighted by molar-refractivity contribution is 6.35. The Morgan fingerprint density at radius 1 is 1.00 bits per heavy atom. The van der Waals surface area contributed by atoms with Gasteiger partial charge in [-0.25, -0.2) is 14.6 Å². The average molecular weight is 574 g/mol. The van der Waals surface area contributed by atoms with Crippen LogP contribution in [0.2, 0.25) is 10.0 Å². The van der Waals surface area contributed by atoms with Gasteiger partial charge in [0.15, 0.2) is 0 Å². The van der Waals surface area contributed by atoms with Crippen molar-refractivity contribution in [1.29, 1.82) is 0 Å². The Morgan fingerprint density at radius 3 is 2.51 bits per heavy atom. The Kier molecular flexibility index (Phi) is 8.24. The van der Waals surface area contributed by atoms with Crippen LogP contribution in [0.4, 0.5) is 5.69 Å². The summed E-state index contributed by atoms with van der Waals surface area (Å²) in [4.78, 5) is 10.5. The van der Waals surface area contributed by atoms with Gasteiger partial charge >= 0.3 is 0 Å². The van der Waals surface area contributed by atoms with E-state index in [9.17, 15) is 0 Å². The van der Waals surface area contributed by atoms with E-state index in [-0.39, 0.29) is 18.1 Å². The molecule has 2 unspecified atom stereocenters. The maximum absolute atomic E-state index is 6.54. The largest absolute Gasteiger partial charge is 0.491 e. The quantitative estimate of drug-likeness (QED) is 0.316. The van der Waals surface area contributed by atoms with E-state index in [1.54, 1.807) is 29.3 Å². The second kappa shape index (κ2) is 11.8. The second-order valence-corrected chi connectivity index (χ2v) is 10.1. The molecule has 2 saturated heterocycles. The van der Waals surface area contributed by atoms with E-state index in [0.29, 0.717) is 28.8 Å². The molecule has 0 radical (unpaired) electrons. The molecule has 2 aromatic carbocycles. The minimum absolute atomic E-state index is 0. The Bertz CT molecular complexity index is 1330. The Labute approximate surface area is 235 Å². The lowest BCUT2D eigenvalue weighted by Crippen LogP contribution is -2.50. The molecule has 39 heavy (non-hydrogen) atoms. The smallest absolute Gasteiger partial charge is 0.217 e. The van der Waals surface area contributed by atoms with Crippen LogP contribution >= 0.6 is 23.2 Å². The SMILES string of the molecule is Clc1ccc(C2(Cn3cncn3)OCC(COc3ccc(N4CCN(n5ccnc5)CC4)cc3)O2)c(Cl)c1.O. The van der Waals surface area contributed by atoms with E-state index in [0.717, 1.165) is 31.9 Å². The molecule has 0 aliphatic carbocycles. The number of hydrogen-bond acceptors (Lipinski definition) is 8. The number of aromatic nitrogens is 5. The predicted octanol–water partition coefficient (Wildman–Crippen LogP) is 2.76. The number of piperazine rings is 1. The molecule has 11 nitrogen and oxygen atoms in total. The van der Waals surface area contributed by atoms with Crippen molar-refractivity contribution in [2.24, 2.45) is 0 Å². The zero-order valence-electron chi connectivity index (χ0n) is 21.1. The third kappa shape index (κ3) is 5.97. The van der Waals surface area contributed by atoms with Crippen LogP contribution in [0.1, 0.15) is 5.56 Å². The van der Waals surface area contributed by atoms with Crippen molar-refractivity contribution in [1.82, 2.24) is 24.4 Å². The van der Waals surface area contributed by atoms with E-state index >= 15 is 0 Å². The summed E-state index contributed by atoms with van der Waals surface area (Å²) < 4.78 is 22.4. The fourth-order valence-electron chi connectivity index (χ4n) is 4.83. The van der Waals surface area contributed by atoms with Gasteiger partial charge in [0.2, 0.25) is 5.79 Å². The third-order valence-corrected chi connectivity index (χ3v) is 7.30. The Balaban J connectivity index is 0.00000308. The second-order valence-electron chi connectivity index (χ2n) is 9.21. The van der Waals surface area contributed by atoms with Crippen LogP contribution in [0.5, 0.6) is 5.75 Å². The fourth-order valence-corrected chi connectivity index (χ4v) is 5.38. The molecular formula is C26H29Cl2N7O4. The Morgan fingerprint density at radius 2 is 1.82 bits per heavy atom. The van der Waals surface area contributed by atoms with Crippen LogP contribution in [-0.2, 0) is 21.8 Å². The van der Waals surface area contributed by atoms with E-state index in [2.05, 4.69) is 37.1 Å². The first-order chi connectivity index (χ1) is 18.6. The molecule has 0 saturated carbocycles. The third-order valence-electron chi connectivity index (χ3n) is 6.75. The van der Waals surface area contributed by atoms with Crippen molar-refractivity contribution in [3.8, 4) is 5.75 Å². The van der Waals surface area contributed by atoms with Gasteiger partial charge < -0.3 is 29.6 Å². The summed E-state index contributed by atoms with van der Waals surface area (Å²) in [5.74, 6) is -0.362. The first-order valence-electron chi connectivity index (χ1n) is 12.4. The number of hydrogen-bond donors (Lipinski definition) is 0. The van der Waals surface area contributed by atoms with E-state index in [1.165, 1.54) is 12.0 Å². The topological polar surface area (TPSA) is 114 Å². The predicted molar refractivity (Wildman–Crippen MR) is 147 cm³/mol. The van der Waals surface area contributed by atoms with E-state index < -0.39 is 5.79 Å². The molecule has 4 aromatic rings. The molecule has 2 aliphatic heterocycles. The van der Waals surface area contributed by atoms with Crippen LogP contribution < -0.4 is 14.6 Å². The van der Waals surface area contributed by atoms with Crippen LogP contribution in [0.3, 0.4) is 0 Å². The molecule has 2 N–H and O–H groups in total. The van der Waals surface area contributed by atoms with Crippen LogP contribution in [0.15, 0.2) is 73.8 Å². The van der Waals surface area contributed by atoms with Gasteiger partial charge in [-0.3, -0.25) is 4.68 Å². The van der Waals surface area contributed by atoms with Gasteiger partial charge in [-0.1, -0.05) is 29.3 Å². The Hall–Kier alpha value is -3.35. The fraction of sp³-hybridized carbons (Fsp3) is 0.346. The average Bonchev–Trinajstić information content (AvgIpc) is 3.72. The number of nitrogens with zero attached hydrogens (tertiary/aromatic N) is 7. The van der Waals surface area contributed by atoms with Gasteiger partial charge in [0.05, 0.1) is 24.7 Å². The highest BCUT2D eigenvalue weighted by Gasteiger charge is 2.45. The van der Waals surface area contributed by atoms with Gasteiger partial charge in [-0.2, -0.15) is 5.10 Å². The molecule has 2 fully saturated rings. The normalized spacial score (nSPS) is 21.1. The molecule has 0 bridgehead atoms. The van der Waals surface area contributed by atoms with Crippen LogP contribution in [-0.4, -0.2) is 75.4 Å². The lowest BCUT2D eigenvalue weighted by atomic mass is 10.1. The maximum atomic E-state index is 6.54. The maximum Gasteiger partial charge on any atom is 0.217 e. The van der Waals surface area contributed by atoms with Crippen molar-refractivity contribution in [2.75, 3.05) is 49.3 Å². The molecule has 2 aromatic heterocycles. The van der Waals surface area contributed by atoms with Crippen LogP contribution in [0, 0.1) is 0 Å². The summed E-state index contributed by atoms with van der Waals surface area (Å²) in [5, 5.41) is 7.49. The number of halogens is 2. The van der Waals surface area contributed by atoms with Crippen molar-refractivity contribution >= 4 is 28.9 Å². The molecule has 13 heteroatoms. The summed E-state index contributed by atoms with van der Waals surface area (Å²) in [6.07, 6.45) is 8.39. The lowest BCUT2D eigenvalue weighted by Gasteiger charge is -2.37. The number of rotatable bonds is 8. The summed E-state index contributed by atoms with van der Waals surface area (Å²) in [6, 6.07) is 13.4. The molecule has 0 spiro atoms. The van der Waals surface area contributed by atoms with Gasteiger partial charge in [-0.15, -0.1) is 0 Å². The standard InChI is InChI=1S/C26H27Cl2N7O3.H2O/c27-20-1-6-24(25(28)13-20)26(16-33-18-30-17-31-33)37-15-23(38-26)14-36-22-4-2-21(3-5-22)32-9-11-34(12-10-32)35-8-7-29-19-35;/h1-8,13,17-19,23H,9-12,14-16H2;1H2. The van der Waals surface area contributed by atoms with Crippen molar-refractivity contribution in [2.45, 2.75) is 18.4 Å². The summed E-state index contributed by atoms with van der Waals surface area (Å²) in [5.41, 5.74) is 1.85. The van der Waals surface area contributed by atoms with Crippen LogP contribution in [0.25, 0.3) is 0 Å². The molecular weight excluding hydrogens is 545 g/mol. The molecule has 2 atom stereocenters. The van der Waals surface area contributed by atoms with Crippen molar-refractivity contribution < 1.29 is 19.7 Å². The van der Waals surface area contributed by atoms with Crippen molar-refractivity contribution in [3.05, 3.63) is 89.4 Å². The molecule has 2 aliphatic rings. The van der Waals surface area contributed by atoms with E-state index in [1.807, 2.05) is 35.4 Å². The summed E-state index contributed by atoms with van der Waals surface area (Å²) >= 11 is 12.7. The zero-order valence-corrected chi connectivity index (χ0v) is 22.6. The van der Waals surface area contributed by atoms with E-state index in [4.69, 9.17) is 37.4 Å². The van der Waals surface area contributed by atoms with Gasteiger partial charge in [-0.05, 0) is 36.4 Å². The lowest BCUT2D eigenvalue weighted by molar-refractivity contribution is -0.190. The summed E-state index contributed by atoms with van der Waals surface area (Å²) in [6.45, 7) is 4.69. The number of benzene rings is 2. The van der Waals surface area contributed by atoms with Crippen molar-refractivity contribution in [3.63, 3.8) is 0 Å². The zero-order chi connectivity index (χ0) is 26.0. The first-order valence-corrected chi connectivity index (χ1v) is 13.1. The number of imidazole rings is 1. The number of ether oxygens (including phenoxy) is 3. The molecule has 0 amide bonds. The minimum Gasteiger partial charge on any atom is -0.491 e. The highest BCUT2D eigenvalue weighted by atomic mass is 35.5.